The first-order chi connectivity index (χ1) is 17.9. The van der Waals surface area contributed by atoms with E-state index in [4.69, 9.17) is 4.74 Å². The Morgan fingerprint density at radius 2 is 1.84 bits per heavy atom. The monoisotopic (exact) mass is 508 g/mol. The number of rotatable bonds is 5. The summed E-state index contributed by atoms with van der Waals surface area (Å²) >= 11 is 0. The van der Waals surface area contributed by atoms with E-state index in [1.54, 1.807) is 6.92 Å². The molecule has 2 aromatic carbocycles. The summed E-state index contributed by atoms with van der Waals surface area (Å²) in [5.41, 5.74) is 2.23. The molecule has 3 amide bonds. The average Bonchev–Trinajstić information content (AvgIpc) is 3.18. The fourth-order valence-electron chi connectivity index (χ4n) is 5.99. The summed E-state index contributed by atoms with van der Waals surface area (Å²) in [7, 11) is 0. The van der Waals surface area contributed by atoms with Crippen molar-refractivity contribution < 1.29 is 23.1 Å². The Kier molecular flexibility index (Phi) is 7.11. The number of benzene rings is 2. The number of likely N-dealkylation sites (tertiary alicyclic amines) is 1. The maximum Gasteiger partial charge on any atom is 0.419 e. The van der Waals surface area contributed by atoms with Crippen LogP contribution < -0.4 is 5.32 Å². The maximum atomic E-state index is 13.8. The number of amides is 3. The predicted molar refractivity (Wildman–Crippen MR) is 131 cm³/mol. The number of nitrogens with zero attached hydrogens (tertiary/aromatic N) is 3. The second-order valence-corrected chi connectivity index (χ2v) is 10.3. The van der Waals surface area contributed by atoms with Crippen LogP contribution in [0.4, 0.5) is 18.4 Å². The van der Waals surface area contributed by atoms with E-state index >= 15 is 0 Å². The molecule has 3 fully saturated rings. The Morgan fingerprint density at radius 1 is 1.11 bits per heavy atom. The Balaban J connectivity index is 1.10. The first kappa shape index (κ1) is 25.2. The number of carbonyl (C=O) groups is 2. The first-order valence-corrected chi connectivity index (χ1v) is 12.8. The minimum atomic E-state index is -1.04. The average molecular weight is 509 g/mol. The van der Waals surface area contributed by atoms with Crippen LogP contribution in [0.15, 0.2) is 42.5 Å². The maximum absolute atomic E-state index is 13.8. The normalized spacial score (nSPS) is 26.3. The highest BCUT2D eigenvalue weighted by molar-refractivity contribution is 5.93. The van der Waals surface area contributed by atoms with Crippen molar-refractivity contribution in [2.75, 3.05) is 19.6 Å². The molecule has 3 aliphatic rings. The Labute approximate surface area is 215 Å². The van der Waals surface area contributed by atoms with Gasteiger partial charge in [-0.05, 0) is 67.9 Å². The number of nitrogens with one attached hydrogen (secondary N) is 1. The quantitative estimate of drug-likeness (QED) is 0.608. The van der Waals surface area contributed by atoms with Gasteiger partial charge in [-0.3, -0.25) is 4.90 Å². The van der Waals surface area contributed by atoms with Crippen molar-refractivity contribution in [3.05, 3.63) is 70.8 Å². The lowest BCUT2D eigenvalue weighted by Crippen LogP contribution is -2.56. The third-order valence-electron chi connectivity index (χ3n) is 7.97. The molecule has 2 heterocycles. The minimum absolute atomic E-state index is 0.277. The Hall–Kier alpha value is -3.51. The molecular formula is C28H30F2N4O3. The number of hydrogen-bond donors (Lipinski definition) is 1. The molecule has 0 bridgehead atoms. The molecule has 2 saturated heterocycles. The summed E-state index contributed by atoms with van der Waals surface area (Å²) < 4.78 is 32.4. The van der Waals surface area contributed by atoms with Crippen molar-refractivity contribution in [2.45, 2.75) is 56.7 Å². The molecule has 0 unspecified atom stereocenters. The van der Waals surface area contributed by atoms with E-state index in [9.17, 15) is 23.6 Å². The van der Waals surface area contributed by atoms with Crippen molar-refractivity contribution in [1.29, 1.82) is 5.26 Å². The van der Waals surface area contributed by atoms with Crippen molar-refractivity contribution in [1.82, 2.24) is 15.1 Å². The van der Waals surface area contributed by atoms with E-state index in [2.05, 4.69) is 22.4 Å². The van der Waals surface area contributed by atoms with E-state index < -0.39 is 35.9 Å². The van der Waals surface area contributed by atoms with Gasteiger partial charge in [0.05, 0.1) is 11.6 Å². The molecule has 5 rings (SSSR count). The van der Waals surface area contributed by atoms with E-state index in [0.717, 1.165) is 66.9 Å². The highest BCUT2D eigenvalue weighted by Gasteiger charge is 2.45. The number of hydrogen-bond acceptors (Lipinski definition) is 5. The van der Waals surface area contributed by atoms with Gasteiger partial charge in [-0.15, -0.1) is 0 Å². The predicted octanol–water partition coefficient (Wildman–Crippen LogP) is 5.09. The number of cyclic esters (lactones) is 1. The molecular weight excluding hydrogens is 478 g/mol. The summed E-state index contributed by atoms with van der Waals surface area (Å²) in [5, 5.41) is 12.2. The zero-order chi connectivity index (χ0) is 26.1. The number of nitriles is 1. The molecule has 2 aromatic rings. The zero-order valence-corrected chi connectivity index (χ0v) is 20.7. The number of ether oxygens (including phenoxy) is 1. The van der Waals surface area contributed by atoms with Crippen LogP contribution in [0.2, 0.25) is 0 Å². The van der Waals surface area contributed by atoms with Gasteiger partial charge in [0.1, 0.15) is 12.1 Å². The van der Waals surface area contributed by atoms with Crippen LogP contribution in [-0.4, -0.2) is 53.7 Å². The van der Waals surface area contributed by atoms with Crippen molar-refractivity contribution in [2.24, 2.45) is 5.92 Å². The fraction of sp³-hybridized carbons (Fsp3) is 0.464. The lowest BCUT2D eigenvalue weighted by molar-refractivity contribution is 0.0334. The molecule has 7 nitrogen and oxygen atoms in total. The van der Waals surface area contributed by atoms with Gasteiger partial charge in [0.2, 0.25) is 0 Å². The smallest absolute Gasteiger partial charge is 0.419 e. The third kappa shape index (κ3) is 5.03. The van der Waals surface area contributed by atoms with E-state index in [-0.39, 0.29) is 5.92 Å². The van der Waals surface area contributed by atoms with Crippen molar-refractivity contribution >= 4 is 12.1 Å². The van der Waals surface area contributed by atoms with Gasteiger partial charge in [-0.25, -0.2) is 23.3 Å². The van der Waals surface area contributed by atoms with Crippen LogP contribution in [0, 0.1) is 28.9 Å². The molecule has 0 aromatic heterocycles. The van der Waals surface area contributed by atoms with Crippen LogP contribution in [0.1, 0.15) is 61.3 Å². The standard InChI is InChI=1S/C28H30F2N4O3/c1-17-26(20-8-11-24(29)25(30)12-20)34(28(36)37-17)27(35)32-14-18-15-33(16-18)22-9-6-19(7-10-22)23-5-3-2-4-21(23)13-31/h2-5,8,11-12,17-19,22,26H,6-7,9-10,14-16H2,1H3,(H,32,35)/t17-,19?,22?,26+/m0/s1. The first-order valence-electron chi connectivity index (χ1n) is 12.8. The van der Waals surface area contributed by atoms with Crippen LogP contribution in [0.5, 0.6) is 0 Å². The van der Waals surface area contributed by atoms with E-state index in [1.807, 2.05) is 18.2 Å². The lowest BCUT2D eigenvalue weighted by atomic mass is 9.78. The molecule has 2 atom stereocenters. The number of imide groups is 1. The molecule has 0 spiro atoms. The van der Waals surface area contributed by atoms with Gasteiger partial charge < -0.3 is 10.1 Å². The summed E-state index contributed by atoms with van der Waals surface area (Å²) in [4.78, 5) is 28.7. The second-order valence-electron chi connectivity index (χ2n) is 10.3. The summed E-state index contributed by atoms with van der Waals surface area (Å²) in [6, 6.07) is 12.6. The van der Waals surface area contributed by atoms with Crippen LogP contribution in [-0.2, 0) is 4.74 Å². The molecule has 9 heteroatoms. The van der Waals surface area contributed by atoms with Crippen molar-refractivity contribution in [3.63, 3.8) is 0 Å². The molecule has 194 valence electrons. The summed E-state index contributed by atoms with van der Waals surface area (Å²) in [6.45, 7) is 3.78. The largest absolute Gasteiger partial charge is 0.443 e. The van der Waals surface area contributed by atoms with Gasteiger partial charge in [-0.2, -0.15) is 5.26 Å². The number of urea groups is 1. The van der Waals surface area contributed by atoms with Gasteiger partial charge in [0.15, 0.2) is 11.6 Å². The lowest BCUT2D eigenvalue weighted by Gasteiger charge is -2.47. The summed E-state index contributed by atoms with van der Waals surface area (Å²) in [6.07, 6.45) is 2.79. The highest BCUT2D eigenvalue weighted by atomic mass is 19.2. The molecule has 1 N–H and O–H groups in total. The zero-order valence-electron chi connectivity index (χ0n) is 20.7. The van der Waals surface area contributed by atoms with Gasteiger partial charge >= 0.3 is 12.1 Å². The third-order valence-corrected chi connectivity index (χ3v) is 7.97. The Morgan fingerprint density at radius 3 is 2.54 bits per heavy atom. The fourth-order valence-corrected chi connectivity index (χ4v) is 5.99. The molecule has 1 aliphatic carbocycles. The molecule has 37 heavy (non-hydrogen) atoms. The highest BCUT2D eigenvalue weighted by Crippen LogP contribution is 2.38. The Bertz CT molecular complexity index is 1220. The molecule has 2 aliphatic heterocycles. The van der Waals surface area contributed by atoms with Crippen LogP contribution in [0.25, 0.3) is 0 Å². The second kappa shape index (κ2) is 10.5. The minimum Gasteiger partial charge on any atom is -0.443 e. The van der Waals surface area contributed by atoms with Crippen LogP contribution >= 0.6 is 0 Å². The van der Waals surface area contributed by atoms with Gasteiger partial charge in [0.25, 0.3) is 0 Å². The van der Waals surface area contributed by atoms with Gasteiger partial charge in [-0.1, -0.05) is 24.3 Å². The number of carbonyl (C=O) groups excluding carboxylic acids is 2. The number of halogens is 2. The summed E-state index contributed by atoms with van der Waals surface area (Å²) in [5.74, 6) is -1.33. The topological polar surface area (TPSA) is 85.7 Å². The molecule has 0 radical (unpaired) electrons. The van der Waals surface area contributed by atoms with Crippen LogP contribution in [0.3, 0.4) is 0 Å². The van der Waals surface area contributed by atoms with Crippen molar-refractivity contribution in [3.8, 4) is 6.07 Å². The molecule has 1 saturated carbocycles. The SMILES string of the molecule is C[C@@H]1OC(=O)N(C(=O)NCC2CN(C3CCC(c4ccccc4C#N)CC3)C2)[C@H]1c1ccc(F)c(F)c1. The van der Waals surface area contributed by atoms with E-state index in [0.29, 0.717) is 24.1 Å². The van der Waals surface area contributed by atoms with Gasteiger partial charge in [0, 0.05) is 31.6 Å². The van der Waals surface area contributed by atoms with E-state index in [1.165, 1.54) is 6.07 Å².